The smallest absolute Gasteiger partial charge is 0.269 e. The van der Waals surface area contributed by atoms with Gasteiger partial charge in [-0.3, -0.25) is 25.2 Å². The highest BCUT2D eigenvalue weighted by Crippen LogP contribution is 2.07. The van der Waals surface area contributed by atoms with Crippen LogP contribution in [0.2, 0.25) is 0 Å². The molecule has 114 valence electrons. The maximum Gasteiger partial charge on any atom is 0.269 e. The van der Waals surface area contributed by atoms with E-state index < -0.39 is 23.4 Å². The van der Waals surface area contributed by atoms with E-state index in [1.54, 1.807) is 6.07 Å². The standard InChI is InChI=1S/C14H11F2N3O3/c15-10-5-9(6-11(16)7-10)14(22)18-17-12(20)8-19-4-2-1-3-13(19)21/h1-7H,8H2,(H,17,20)(H,18,22). The summed E-state index contributed by atoms with van der Waals surface area (Å²) in [5.41, 5.74) is 3.40. The van der Waals surface area contributed by atoms with Gasteiger partial charge >= 0.3 is 0 Å². The van der Waals surface area contributed by atoms with Gasteiger partial charge in [0.15, 0.2) is 0 Å². The highest BCUT2D eigenvalue weighted by atomic mass is 19.1. The molecule has 2 aromatic rings. The second kappa shape index (κ2) is 6.61. The lowest BCUT2D eigenvalue weighted by atomic mass is 10.2. The summed E-state index contributed by atoms with van der Waals surface area (Å²) in [7, 11) is 0. The van der Waals surface area contributed by atoms with Crippen molar-refractivity contribution in [2.75, 3.05) is 0 Å². The molecule has 0 radical (unpaired) electrons. The first-order chi connectivity index (χ1) is 10.5. The Morgan fingerprint density at radius 3 is 2.36 bits per heavy atom. The highest BCUT2D eigenvalue weighted by molar-refractivity contribution is 5.95. The third kappa shape index (κ3) is 3.98. The Labute approximate surface area is 123 Å². The van der Waals surface area contributed by atoms with E-state index in [-0.39, 0.29) is 17.7 Å². The second-order valence-corrected chi connectivity index (χ2v) is 4.33. The molecule has 0 aliphatic rings. The predicted octanol–water partition coefficient (Wildman–Crippen LogP) is 0.588. The van der Waals surface area contributed by atoms with E-state index in [0.29, 0.717) is 6.07 Å². The molecule has 2 rings (SSSR count). The summed E-state index contributed by atoms with van der Waals surface area (Å²) >= 11 is 0. The molecular formula is C14H11F2N3O3. The summed E-state index contributed by atoms with van der Waals surface area (Å²) in [5, 5.41) is 0. The van der Waals surface area contributed by atoms with Gasteiger partial charge in [0.25, 0.3) is 17.4 Å². The number of pyridine rings is 1. The Balaban J connectivity index is 1.95. The Hall–Kier alpha value is -3.03. The first-order valence-electron chi connectivity index (χ1n) is 6.16. The van der Waals surface area contributed by atoms with Gasteiger partial charge < -0.3 is 4.57 Å². The predicted molar refractivity (Wildman–Crippen MR) is 72.7 cm³/mol. The Morgan fingerprint density at radius 1 is 1.05 bits per heavy atom. The molecule has 0 aliphatic heterocycles. The van der Waals surface area contributed by atoms with Gasteiger partial charge in [0, 0.05) is 23.9 Å². The summed E-state index contributed by atoms with van der Waals surface area (Å²) < 4.78 is 27.1. The zero-order valence-electron chi connectivity index (χ0n) is 11.2. The number of carbonyl (C=O) groups is 2. The minimum atomic E-state index is -0.910. The van der Waals surface area contributed by atoms with Crippen molar-refractivity contribution in [1.29, 1.82) is 0 Å². The van der Waals surface area contributed by atoms with Gasteiger partial charge in [0.2, 0.25) is 0 Å². The number of halogens is 2. The molecule has 2 N–H and O–H groups in total. The number of amides is 2. The van der Waals surface area contributed by atoms with Crippen LogP contribution in [-0.2, 0) is 11.3 Å². The number of benzene rings is 1. The molecule has 1 aromatic heterocycles. The number of nitrogens with zero attached hydrogens (tertiary/aromatic N) is 1. The number of nitrogens with one attached hydrogen (secondary N) is 2. The first kappa shape index (κ1) is 15.4. The van der Waals surface area contributed by atoms with Crippen LogP contribution in [0.15, 0.2) is 47.4 Å². The average molecular weight is 307 g/mol. The van der Waals surface area contributed by atoms with Crippen molar-refractivity contribution in [3.05, 3.63) is 70.1 Å². The fourth-order valence-corrected chi connectivity index (χ4v) is 1.67. The van der Waals surface area contributed by atoms with Gasteiger partial charge in [-0.15, -0.1) is 0 Å². The minimum Gasteiger partial charge on any atom is -0.306 e. The van der Waals surface area contributed by atoms with Crippen molar-refractivity contribution in [2.45, 2.75) is 6.54 Å². The number of hydrazine groups is 1. The van der Waals surface area contributed by atoms with Crippen molar-refractivity contribution in [2.24, 2.45) is 0 Å². The molecule has 2 amide bonds. The first-order valence-corrected chi connectivity index (χ1v) is 6.16. The van der Waals surface area contributed by atoms with Crippen LogP contribution in [0.1, 0.15) is 10.4 Å². The second-order valence-electron chi connectivity index (χ2n) is 4.33. The molecule has 0 atom stereocenters. The van der Waals surface area contributed by atoms with Crippen LogP contribution in [0.4, 0.5) is 8.78 Å². The van der Waals surface area contributed by atoms with Crippen LogP contribution in [0.5, 0.6) is 0 Å². The summed E-state index contributed by atoms with van der Waals surface area (Å²) in [6, 6.07) is 6.65. The van der Waals surface area contributed by atoms with Gasteiger partial charge in [0.05, 0.1) is 0 Å². The number of hydrogen-bond donors (Lipinski definition) is 2. The van der Waals surface area contributed by atoms with Crippen molar-refractivity contribution >= 4 is 11.8 Å². The Kier molecular flexibility index (Phi) is 4.62. The molecule has 0 spiro atoms. The van der Waals surface area contributed by atoms with Crippen LogP contribution in [-0.4, -0.2) is 16.4 Å². The molecule has 0 bridgehead atoms. The highest BCUT2D eigenvalue weighted by Gasteiger charge is 2.10. The number of aromatic nitrogens is 1. The molecular weight excluding hydrogens is 296 g/mol. The van der Waals surface area contributed by atoms with Crippen LogP contribution in [0, 0.1) is 11.6 Å². The molecule has 0 fully saturated rings. The minimum absolute atomic E-state index is 0.283. The normalized spacial score (nSPS) is 10.1. The molecule has 1 aromatic carbocycles. The van der Waals surface area contributed by atoms with Gasteiger partial charge in [-0.25, -0.2) is 8.78 Å². The topological polar surface area (TPSA) is 80.2 Å². The van der Waals surface area contributed by atoms with E-state index in [2.05, 4.69) is 5.43 Å². The Morgan fingerprint density at radius 2 is 1.73 bits per heavy atom. The monoisotopic (exact) mass is 307 g/mol. The molecule has 0 aliphatic carbocycles. The largest absolute Gasteiger partial charge is 0.306 e. The summed E-state index contributed by atoms with van der Waals surface area (Å²) in [5.74, 6) is -3.37. The van der Waals surface area contributed by atoms with Crippen molar-refractivity contribution in [3.8, 4) is 0 Å². The number of hydrogen-bond acceptors (Lipinski definition) is 3. The molecule has 0 saturated carbocycles. The van der Waals surface area contributed by atoms with Crippen LogP contribution in [0.25, 0.3) is 0 Å². The fourth-order valence-electron chi connectivity index (χ4n) is 1.67. The molecule has 22 heavy (non-hydrogen) atoms. The van der Waals surface area contributed by atoms with Crippen molar-refractivity contribution in [1.82, 2.24) is 15.4 Å². The van der Waals surface area contributed by atoms with Crippen LogP contribution in [0.3, 0.4) is 0 Å². The van der Waals surface area contributed by atoms with E-state index in [1.807, 2.05) is 5.43 Å². The lowest BCUT2D eigenvalue weighted by Gasteiger charge is -2.08. The van der Waals surface area contributed by atoms with Crippen LogP contribution >= 0.6 is 0 Å². The van der Waals surface area contributed by atoms with Gasteiger partial charge in [-0.05, 0) is 18.2 Å². The summed E-state index contributed by atoms with van der Waals surface area (Å²) in [6.07, 6.45) is 1.41. The number of carbonyl (C=O) groups excluding carboxylic acids is 2. The molecule has 0 saturated heterocycles. The summed E-state index contributed by atoms with van der Waals surface area (Å²) in [4.78, 5) is 34.6. The third-order valence-corrected chi connectivity index (χ3v) is 2.65. The summed E-state index contributed by atoms with van der Waals surface area (Å²) in [6.45, 7) is -0.308. The zero-order valence-corrected chi connectivity index (χ0v) is 11.2. The van der Waals surface area contributed by atoms with E-state index >= 15 is 0 Å². The van der Waals surface area contributed by atoms with Gasteiger partial charge in [0.1, 0.15) is 18.2 Å². The van der Waals surface area contributed by atoms with Crippen molar-refractivity contribution < 1.29 is 18.4 Å². The van der Waals surface area contributed by atoms with E-state index in [1.165, 1.54) is 18.3 Å². The average Bonchev–Trinajstić information content (AvgIpc) is 2.46. The maximum atomic E-state index is 13.0. The van der Waals surface area contributed by atoms with Gasteiger partial charge in [-0.2, -0.15) is 0 Å². The van der Waals surface area contributed by atoms with E-state index in [9.17, 15) is 23.2 Å². The Bertz CT molecular complexity index is 754. The van der Waals surface area contributed by atoms with Crippen LogP contribution < -0.4 is 16.4 Å². The third-order valence-electron chi connectivity index (χ3n) is 2.65. The SMILES string of the molecule is O=C(Cn1ccccc1=O)NNC(=O)c1cc(F)cc(F)c1. The van der Waals surface area contributed by atoms with E-state index in [4.69, 9.17) is 0 Å². The lowest BCUT2D eigenvalue weighted by Crippen LogP contribution is -2.44. The lowest BCUT2D eigenvalue weighted by molar-refractivity contribution is -0.122. The van der Waals surface area contributed by atoms with E-state index in [0.717, 1.165) is 16.7 Å². The molecule has 6 nitrogen and oxygen atoms in total. The van der Waals surface area contributed by atoms with Crippen molar-refractivity contribution in [3.63, 3.8) is 0 Å². The zero-order chi connectivity index (χ0) is 16.1. The molecule has 1 heterocycles. The molecule has 8 heteroatoms. The number of rotatable bonds is 3. The molecule has 0 unspecified atom stereocenters. The quantitative estimate of drug-likeness (QED) is 0.814. The van der Waals surface area contributed by atoms with Gasteiger partial charge in [-0.1, -0.05) is 6.07 Å². The fraction of sp³-hybridized carbons (Fsp3) is 0.0714. The maximum absolute atomic E-state index is 13.0.